The molecule has 0 aliphatic rings. The van der Waals surface area contributed by atoms with Gasteiger partial charge in [0, 0.05) is 13.0 Å². The molecule has 0 saturated carbocycles. The number of unbranched alkanes of at least 4 members (excludes halogenated alkanes) is 15. The first-order valence-electron chi connectivity index (χ1n) is 20.8. The molecule has 312 valence electrons. The summed E-state index contributed by atoms with van der Waals surface area (Å²) in [7, 11) is -4.62. The van der Waals surface area contributed by atoms with Gasteiger partial charge in [0.2, 0.25) is 0 Å². The maximum absolute atomic E-state index is 12.6. The van der Waals surface area contributed by atoms with Gasteiger partial charge in [0.15, 0.2) is 0 Å². The molecule has 0 rings (SSSR count). The summed E-state index contributed by atoms with van der Waals surface area (Å²) in [6, 6.07) is -1.48. The predicted octanol–water partition coefficient (Wildman–Crippen LogP) is 11.3. The lowest BCUT2D eigenvalue weighted by molar-refractivity contribution is -0.154. The van der Waals surface area contributed by atoms with E-state index in [1.165, 1.54) is 57.8 Å². The fourth-order valence-electron chi connectivity index (χ4n) is 5.28. The van der Waals surface area contributed by atoms with Gasteiger partial charge in [0.25, 0.3) is 0 Å². The van der Waals surface area contributed by atoms with Crippen LogP contribution in [0.15, 0.2) is 60.8 Å². The molecular weight excluding hydrogens is 705 g/mol. The highest BCUT2D eigenvalue weighted by Gasteiger charge is 2.27. The molecule has 3 unspecified atom stereocenters. The van der Waals surface area contributed by atoms with Crippen molar-refractivity contribution >= 4 is 19.8 Å². The first kappa shape index (κ1) is 51.7. The zero-order valence-electron chi connectivity index (χ0n) is 33.8. The monoisotopic (exact) mass is 782 g/mol. The quantitative estimate of drug-likeness (QED) is 0.0237. The number of carbonyl (C=O) groups excluding carboxylic acids is 1. The van der Waals surface area contributed by atoms with Crippen molar-refractivity contribution in [1.29, 1.82) is 0 Å². The maximum atomic E-state index is 12.6. The molecule has 0 heterocycles. The van der Waals surface area contributed by atoms with Gasteiger partial charge in [-0.3, -0.25) is 18.6 Å². The van der Waals surface area contributed by atoms with Gasteiger partial charge in [0.05, 0.1) is 19.8 Å². The standard InChI is InChI=1S/C43H76NO9P/c1-3-5-7-9-11-13-15-17-19-20-21-23-25-27-29-31-33-35-42(45)53-40(38-51-54(48,49)52-39-41(44)43(46)47)37-50-36-34-32-30-28-26-24-22-18-16-14-12-10-8-6-4-2/h5,7,10-13,16-19,40-41H,3-4,6,8-9,14-15,20-39,44H2,1-2H3,(H,46,47)(H,48,49)/b7-5-,12-10-,13-11-,18-16-,19-17-. The Morgan fingerprint density at radius 3 is 1.61 bits per heavy atom. The van der Waals surface area contributed by atoms with Crippen molar-refractivity contribution in [2.24, 2.45) is 5.73 Å². The van der Waals surface area contributed by atoms with Crippen LogP contribution in [0.25, 0.3) is 0 Å². The van der Waals surface area contributed by atoms with Gasteiger partial charge in [-0.1, -0.05) is 145 Å². The van der Waals surface area contributed by atoms with Crippen LogP contribution >= 0.6 is 7.82 Å². The number of carboxylic acids is 1. The minimum Gasteiger partial charge on any atom is -0.480 e. The lowest BCUT2D eigenvalue weighted by Crippen LogP contribution is -2.34. The van der Waals surface area contributed by atoms with Gasteiger partial charge in [-0.2, -0.15) is 0 Å². The Hall–Kier alpha value is -2.33. The normalized spacial score (nSPS) is 14.6. The first-order chi connectivity index (χ1) is 26.2. The summed E-state index contributed by atoms with van der Waals surface area (Å²) in [5, 5.41) is 8.89. The highest BCUT2D eigenvalue weighted by molar-refractivity contribution is 7.47. The van der Waals surface area contributed by atoms with Crippen LogP contribution in [0.5, 0.6) is 0 Å². The number of esters is 1. The van der Waals surface area contributed by atoms with Gasteiger partial charge in [-0.15, -0.1) is 0 Å². The number of phosphoric acid groups is 1. The minimum absolute atomic E-state index is 0.00302. The molecule has 11 heteroatoms. The van der Waals surface area contributed by atoms with Crippen molar-refractivity contribution < 1.29 is 42.7 Å². The summed E-state index contributed by atoms with van der Waals surface area (Å²) in [4.78, 5) is 33.5. The summed E-state index contributed by atoms with van der Waals surface area (Å²) in [6.45, 7) is 3.68. The van der Waals surface area contributed by atoms with E-state index in [1.807, 2.05) is 0 Å². The SMILES string of the molecule is CC/C=C\C/C=C\C/C=C\CCCCCCCCCC(=O)OC(COCCCCCCCC/C=C\C/C=C\CCCC)COP(=O)(O)OCC(N)C(=O)O. The van der Waals surface area contributed by atoms with Gasteiger partial charge < -0.3 is 25.2 Å². The largest absolute Gasteiger partial charge is 0.480 e. The molecule has 0 bridgehead atoms. The third kappa shape index (κ3) is 38.0. The Bertz CT molecular complexity index is 1090. The van der Waals surface area contributed by atoms with Crippen molar-refractivity contribution in [3.05, 3.63) is 60.8 Å². The Labute approximate surface area is 328 Å². The first-order valence-corrected chi connectivity index (χ1v) is 22.3. The van der Waals surface area contributed by atoms with Crippen LogP contribution in [0.1, 0.15) is 162 Å². The smallest absolute Gasteiger partial charge is 0.472 e. The number of hydrogen-bond acceptors (Lipinski definition) is 8. The molecule has 0 amide bonds. The van der Waals surface area contributed by atoms with Crippen LogP contribution in [0.4, 0.5) is 0 Å². The Morgan fingerprint density at radius 2 is 1.07 bits per heavy atom. The lowest BCUT2D eigenvalue weighted by atomic mass is 10.1. The molecule has 54 heavy (non-hydrogen) atoms. The molecule has 10 nitrogen and oxygen atoms in total. The maximum Gasteiger partial charge on any atom is 0.472 e. The van der Waals surface area contributed by atoms with Gasteiger partial charge >= 0.3 is 19.8 Å². The van der Waals surface area contributed by atoms with Gasteiger partial charge in [-0.05, 0) is 70.6 Å². The van der Waals surface area contributed by atoms with E-state index in [0.29, 0.717) is 13.0 Å². The van der Waals surface area contributed by atoms with E-state index in [2.05, 4.69) is 74.6 Å². The number of aliphatic carboxylic acids is 1. The highest BCUT2D eigenvalue weighted by atomic mass is 31.2. The Morgan fingerprint density at radius 1 is 0.611 bits per heavy atom. The fraction of sp³-hybridized carbons (Fsp3) is 0.721. The van der Waals surface area contributed by atoms with Crippen LogP contribution in [0, 0.1) is 0 Å². The second-order valence-corrected chi connectivity index (χ2v) is 15.2. The van der Waals surface area contributed by atoms with E-state index >= 15 is 0 Å². The second kappa shape index (κ2) is 38.9. The van der Waals surface area contributed by atoms with E-state index in [9.17, 15) is 19.0 Å². The summed E-state index contributed by atoms with van der Waals surface area (Å²) >= 11 is 0. The van der Waals surface area contributed by atoms with Crippen molar-refractivity contribution in [1.82, 2.24) is 0 Å². The van der Waals surface area contributed by atoms with Crippen molar-refractivity contribution in [3.8, 4) is 0 Å². The topological polar surface area (TPSA) is 155 Å². The molecule has 0 aliphatic carbocycles. The number of rotatable bonds is 39. The molecule has 0 aromatic carbocycles. The van der Waals surface area contributed by atoms with Crippen LogP contribution in [-0.2, 0) is 32.7 Å². The van der Waals surface area contributed by atoms with E-state index in [1.54, 1.807) is 0 Å². The Kier molecular flexibility index (Phi) is 37.2. The van der Waals surface area contributed by atoms with E-state index in [0.717, 1.165) is 77.0 Å². The van der Waals surface area contributed by atoms with Crippen LogP contribution in [-0.4, -0.2) is 60.5 Å². The molecule has 0 aromatic rings. The van der Waals surface area contributed by atoms with Gasteiger partial charge in [-0.25, -0.2) is 4.57 Å². The van der Waals surface area contributed by atoms with E-state index < -0.39 is 45.1 Å². The Balaban J connectivity index is 4.30. The number of allylic oxidation sites excluding steroid dienone is 10. The van der Waals surface area contributed by atoms with Crippen LogP contribution in [0.3, 0.4) is 0 Å². The summed E-state index contributed by atoms with van der Waals surface area (Å²) < 4.78 is 33.3. The third-order valence-corrected chi connectivity index (χ3v) is 9.48. The lowest BCUT2D eigenvalue weighted by Gasteiger charge is -2.20. The molecule has 3 atom stereocenters. The molecule has 0 spiro atoms. The molecule has 0 radical (unpaired) electrons. The summed E-state index contributed by atoms with van der Waals surface area (Å²) in [6.07, 6.45) is 45.5. The van der Waals surface area contributed by atoms with Crippen molar-refractivity contribution in [3.63, 3.8) is 0 Å². The number of ether oxygens (including phenoxy) is 2. The molecule has 0 aliphatic heterocycles. The van der Waals surface area contributed by atoms with Crippen LogP contribution in [0.2, 0.25) is 0 Å². The number of carbonyl (C=O) groups is 2. The fourth-order valence-corrected chi connectivity index (χ4v) is 6.06. The third-order valence-electron chi connectivity index (χ3n) is 8.53. The average molecular weight is 782 g/mol. The highest BCUT2D eigenvalue weighted by Crippen LogP contribution is 2.43. The van der Waals surface area contributed by atoms with Crippen LogP contribution < -0.4 is 5.73 Å². The zero-order chi connectivity index (χ0) is 39.8. The molecule has 0 fully saturated rings. The summed E-state index contributed by atoms with van der Waals surface area (Å²) in [5.41, 5.74) is 5.35. The molecule has 0 aromatic heterocycles. The molecule has 4 N–H and O–H groups in total. The van der Waals surface area contributed by atoms with E-state index in [-0.39, 0.29) is 13.0 Å². The number of carboxylic acid groups (broad SMARTS) is 1. The minimum atomic E-state index is -4.62. The van der Waals surface area contributed by atoms with Gasteiger partial charge in [0.1, 0.15) is 12.1 Å². The number of hydrogen-bond donors (Lipinski definition) is 3. The number of nitrogens with two attached hydrogens (primary N) is 1. The molecular formula is C43H76NO9P. The van der Waals surface area contributed by atoms with E-state index in [4.69, 9.17) is 29.4 Å². The zero-order valence-corrected chi connectivity index (χ0v) is 34.7. The second-order valence-electron chi connectivity index (χ2n) is 13.7. The average Bonchev–Trinajstić information content (AvgIpc) is 3.15. The number of phosphoric ester groups is 1. The van der Waals surface area contributed by atoms with Crippen molar-refractivity contribution in [2.75, 3.05) is 26.4 Å². The van der Waals surface area contributed by atoms with Crippen molar-refractivity contribution in [2.45, 2.75) is 174 Å². The predicted molar refractivity (Wildman–Crippen MR) is 221 cm³/mol. The molecule has 0 saturated heterocycles. The summed E-state index contributed by atoms with van der Waals surface area (Å²) in [5.74, 6) is -1.80.